The summed E-state index contributed by atoms with van der Waals surface area (Å²) < 4.78 is 5.33. The van der Waals surface area contributed by atoms with E-state index >= 15 is 0 Å². The predicted octanol–water partition coefficient (Wildman–Crippen LogP) is 3.72. The maximum absolute atomic E-state index is 14.0. The third kappa shape index (κ3) is 10.5. The highest BCUT2D eigenvalue weighted by Crippen LogP contribution is 2.31. The fourth-order valence-corrected chi connectivity index (χ4v) is 5.34. The Labute approximate surface area is 256 Å². The van der Waals surface area contributed by atoms with Gasteiger partial charge in [-0.05, 0) is 55.1 Å². The van der Waals surface area contributed by atoms with Gasteiger partial charge in [0, 0.05) is 13.1 Å². The highest BCUT2D eigenvalue weighted by atomic mass is 16.5. The number of hydrogen-bond donors (Lipinski definition) is 3. The predicted molar refractivity (Wildman–Crippen MR) is 166 cm³/mol. The molecule has 0 aromatic heterocycles. The van der Waals surface area contributed by atoms with Crippen LogP contribution >= 0.6 is 0 Å². The second kappa shape index (κ2) is 18.1. The summed E-state index contributed by atoms with van der Waals surface area (Å²) in [6.07, 6.45) is 5.18. The van der Waals surface area contributed by atoms with Gasteiger partial charge in [0.1, 0.15) is 12.1 Å². The van der Waals surface area contributed by atoms with E-state index in [1.165, 1.54) is 17.4 Å². The lowest BCUT2D eigenvalue weighted by molar-refractivity contribution is -0.143. The van der Waals surface area contributed by atoms with Crippen LogP contribution in [0.1, 0.15) is 77.8 Å². The molecule has 1 saturated heterocycles. The molecule has 43 heavy (non-hydrogen) atoms. The zero-order valence-corrected chi connectivity index (χ0v) is 26.4. The van der Waals surface area contributed by atoms with E-state index < -0.39 is 41.8 Å². The zero-order chi connectivity index (χ0) is 31.9. The summed E-state index contributed by atoms with van der Waals surface area (Å²) in [5, 5.41) is 7.97. The minimum absolute atomic E-state index is 0.139. The number of likely N-dealkylation sites (tertiary alicyclic amines) is 1. The average Bonchev–Trinajstić information content (AvgIpc) is 3.65. The van der Waals surface area contributed by atoms with Crippen LogP contribution in [0.5, 0.6) is 0 Å². The molecular weight excluding hydrogens is 548 g/mol. The van der Waals surface area contributed by atoms with Gasteiger partial charge in [0.25, 0.3) is 5.91 Å². The number of rotatable bonds is 13. The van der Waals surface area contributed by atoms with Crippen LogP contribution in [0.25, 0.3) is 0 Å². The summed E-state index contributed by atoms with van der Waals surface area (Å²) in [6.45, 7) is 14.2. The molecule has 0 saturated carbocycles. The van der Waals surface area contributed by atoms with E-state index in [2.05, 4.69) is 36.4 Å². The summed E-state index contributed by atoms with van der Waals surface area (Å²) in [5.41, 5.74) is 2.27. The molecule has 238 valence electrons. The lowest BCUT2D eigenvalue weighted by Crippen LogP contribution is -2.58. The molecular formula is C33H50N4O6. The molecule has 1 fully saturated rings. The number of nitrogens with zero attached hydrogens (tertiary/aromatic N) is 1. The largest absolute Gasteiger partial charge is 0.449 e. The molecule has 0 bridgehead atoms. The Kier molecular flexibility index (Phi) is 14.9. The second-order valence-corrected chi connectivity index (χ2v) is 11.7. The van der Waals surface area contributed by atoms with Crippen LogP contribution in [0.2, 0.25) is 0 Å². The summed E-state index contributed by atoms with van der Waals surface area (Å²) in [7, 11) is 0. The molecule has 2 aliphatic rings. The van der Waals surface area contributed by atoms with Crippen molar-refractivity contribution in [2.45, 2.75) is 97.7 Å². The van der Waals surface area contributed by atoms with Crippen molar-refractivity contribution in [3.63, 3.8) is 0 Å². The fraction of sp³-hybridized carbons (Fsp3) is 0.606. The van der Waals surface area contributed by atoms with Gasteiger partial charge in [-0.3, -0.25) is 19.2 Å². The molecule has 1 heterocycles. The number of Topliss-reactive ketones (excluding diaryl/α,β-unsaturated/α-hetero) is 1. The van der Waals surface area contributed by atoms with E-state index in [1.807, 2.05) is 45.0 Å². The number of benzene rings is 1. The smallest absolute Gasteiger partial charge is 0.407 e. The number of amides is 4. The number of ketones is 1. The molecule has 10 nitrogen and oxygen atoms in total. The topological polar surface area (TPSA) is 134 Å². The highest BCUT2D eigenvalue weighted by molar-refractivity contribution is 6.38. The first-order valence-electron chi connectivity index (χ1n) is 15.6. The van der Waals surface area contributed by atoms with Gasteiger partial charge in [0.05, 0.1) is 12.6 Å². The monoisotopic (exact) mass is 598 g/mol. The van der Waals surface area contributed by atoms with Crippen molar-refractivity contribution in [3.05, 3.63) is 48.0 Å². The van der Waals surface area contributed by atoms with E-state index in [4.69, 9.17) is 4.74 Å². The highest BCUT2D eigenvalue weighted by Gasteiger charge is 2.43. The molecule has 1 aromatic carbocycles. The summed E-state index contributed by atoms with van der Waals surface area (Å²) in [4.78, 5) is 66.5. The lowest BCUT2D eigenvalue weighted by atomic mass is 9.95. The minimum atomic E-state index is -0.996. The maximum atomic E-state index is 14.0. The van der Waals surface area contributed by atoms with Crippen molar-refractivity contribution in [3.8, 4) is 0 Å². The normalized spacial score (nSPS) is 17.2. The standard InChI is InChI=1S/C30H42N4O6.C3H8/c1-5-10-23(26(35)28(37)31-14-6-2)32-27(36)24-13-9-15-34(24)29(38)25(33-30(39)40-18-19(3)4)22-16-20-11-7-8-12-21(20)17-22;1-3-2/h6-8,11-12,19,22-25H,2,5,9-10,13-18H2,1,3-4H3,(H,31,37)(H,32,36)(H,33,39);3H2,1-2H3/t23?,24-,25-;/m0./s1. The Hall–Kier alpha value is -3.69. The third-order valence-electron chi connectivity index (χ3n) is 7.32. The molecule has 0 spiro atoms. The van der Waals surface area contributed by atoms with Gasteiger partial charge in [0.2, 0.25) is 17.6 Å². The molecule has 10 heteroatoms. The second-order valence-electron chi connectivity index (χ2n) is 11.7. The van der Waals surface area contributed by atoms with Crippen molar-refractivity contribution >= 4 is 29.6 Å². The Balaban J connectivity index is 0.00000206. The van der Waals surface area contributed by atoms with Gasteiger partial charge >= 0.3 is 6.09 Å². The van der Waals surface area contributed by atoms with E-state index in [-0.39, 0.29) is 30.9 Å². The fourth-order valence-electron chi connectivity index (χ4n) is 5.34. The van der Waals surface area contributed by atoms with Crippen molar-refractivity contribution in [1.29, 1.82) is 0 Å². The molecule has 3 rings (SSSR count). The number of nitrogens with one attached hydrogen (secondary N) is 3. The number of alkyl carbamates (subject to hydrolysis) is 1. The number of ether oxygens (including phenoxy) is 1. The first kappa shape index (κ1) is 35.5. The first-order chi connectivity index (χ1) is 20.6. The molecule has 1 unspecified atom stereocenters. The van der Waals surface area contributed by atoms with E-state index in [9.17, 15) is 24.0 Å². The number of carbonyl (C=O) groups excluding carboxylic acids is 5. The van der Waals surface area contributed by atoms with E-state index in [1.54, 1.807) is 0 Å². The van der Waals surface area contributed by atoms with Crippen LogP contribution in [0, 0.1) is 11.8 Å². The van der Waals surface area contributed by atoms with Crippen LogP contribution in [-0.2, 0) is 36.8 Å². The number of carbonyl (C=O) groups is 5. The van der Waals surface area contributed by atoms with Crippen LogP contribution in [0.15, 0.2) is 36.9 Å². The quantitative estimate of drug-likeness (QED) is 0.234. The maximum Gasteiger partial charge on any atom is 0.407 e. The zero-order valence-electron chi connectivity index (χ0n) is 26.4. The van der Waals surface area contributed by atoms with Gasteiger partial charge in [-0.15, -0.1) is 6.58 Å². The average molecular weight is 599 g/mol. The molecule has 1 aliphatic heterocycles. The number of fused-ring (bicyclic) bond motifs is 1. The van der Waals surface area contributed by atoms with Crippen molar-refractivity contribution in [1.82, 2.24) is 20.9 Å². The van der Waals surface area contributed by atoms with Gasteiger partial charge in [-0.2, -0.15) is 0 Å². The molecule has 0 radical (unpaired) electrons. The summed E-state index contributed by atoms with van der Waals surface area (Å²) in [6, 6.07) is 5.27. The lowest BCUT2D eigenvalue weighted by Gasteiger charge is -2.32. The third-order valence-corrected chi connectivity index (χ3v) is 7.32. The number of hydrogen-bond acceptors (Lipinski definition) is 6. The Morgan fingerprint density at radius 1 is 1.05 bits per heavy atom. The van der Waals surface area contributed by atoms with Crippen LogP contribution in [0.4, 0.5) is 4.79 Å². The Morgan fingerprint density at radius 3 is 2.23 bits per heavy atom. The van der Waals surface area contributed by atoms with E-state index in [0.29, 0.717) is 45.1 Å². The molecule has 3 N–H and O–H groups in total. The van der Waals surface area contributed by atoms with Crippen molar-refractivity contribution < 1.29 is 28.7 Å². The van der Waals surface area contributed by atoms with Crippen LogP contribution < -0.4 is 16.0 Å². The van der Waals surface area contributed by atoms with Gasteiger partial charge in [0.15, 0.2) is 0 Å². The summed E-state index contributed by atoms with van der Waals surface area (Å²) >= 11 is 0. The van der Waals surface area contributed by atoms with Crippen LogP contribution in [0.3, 0.4) is 0 Å². The molecule has 1 aromatic rings. The molecule has 1 aliphatic carbocycles. The summed E-state index contributed by atoms with van der Waals surface area (Å²) in [5.74, 6) is -2.40. The molecule has 4 amide bonds. The Morgan fingerprint density at radius 2 is 1.67 bits per heavy atom. The minimum Gasteiger partial charge on any atom is -0.449 e. The van der Waals surface area contributed by atoms with Crippen LogP contribution in [-0.4, -0.2) is 72.3 Å². The molecule has 3 atom stereocenters. The SMILES string of the molecule is C=CCNC(=O)C(=O)C(CCC)NC(=O)[C@@H]1CCCN1C(=O)[C@@H](NC(=O)OCC(C)C)C1Cc2ccccc2C1.CCC. The first-order valence-corrected chi connectivity index (χ1v) is 15.6. The van der Waals surface area contributed by atoms with Gasteiger partial charge in [-0.25, -0.2) is 4.79 Å². The van der Waals surface area contributed by atoms with E-state index in [0.717, 1.165) is 11.1 Å². The van der Waals surface area contributed by atoms with Crippen molar-refractivity contribution in [2.75, 3.05) is 19.7 Å². The van der Waals surface area contributed by atoms with Crippen molar-refractivity contribution in [2.24, 2.45) is 11.8 Å². The van der Waals surface area contributed by atoms with Gasteiger partial charge < -0.3 is 25.6 Å². The Bertz CT molecular complexity index is 1100. The van der Waals surface area contributed by atoms with Gasteiger partial charge in [-0.1, -0.05) is 77.8 Å².